The van der Waals surface area contributed by atoms with E-state index < -0.39 is 0 Å². The van der Waals surface area contributed by atoms with Crippen molar-refractivity contribution < 1.29 is 4.79 Å². The van der Waals surface area contributed by atoms with Crippen LogP contribution in [0.4, 0.5) is 5.69 Å². The van der Waals surface area contributed by atoms with Crippen LogP contribution < -0.4 is 10.2 Å². The van der Waals surface area contributed by atoms with Gasteiger partial charge in [-0.2, -0.15) is 0 Å². The Balaban J connectivity index is 0.00000144. The number of nitrogens with zero attached hydrogens (tertiary/aromatic N) is 2. The molecule has 2 fully saturated rings. The number of benzene rings is 1. The summed E-state index contributed by atoms with van der Waals surface area (Å²) in [7, 11) is 0. The van der Waals surface area contributed by atoms with Crippen LogP contribution in [-0.4, -0.2) is 50.1 Å². The van der Waals surface area contributed by atoms with E-state index in [1.807, 2.05) is 0 Å². The number of aryl methyl sites for hydroxylation is 1. The van der Waals surface area contributed by atoms with Gasteiger partial charge in [-0.25, -0.2) is 0 Å². The van der Waals surface area contributed by atoms with Gasteiger partial charge in [0, 0.05) is 38.4 Å². The summed E-state index contributed by atoms with van der Waals surface area (Å²) in [5.74, 6) is 0.550. The molecule has 0 aromatic heterocycles. The van der Waals surface area contributed by atoms with Gasteiger partial charge in [0.05, 0.1) is 5.92 Å². The number of rotatable bonds is 2. The van der Waals surface area contributed by atoms with Crippen molar-refractivity contribution in [1.29, 1.82) is 0 Å². The fourth-order valence-electron chi connectivity index (χ4n) is 3.57. The van der Waals surface area contributed by atoms with Gasteiger partial charge < -0.3 is 15.1 Å². The lowest BCUT2D eigenvalue weighted by Gasteiger charge is -2.39. The van der Waals surface area contributed by atoms with Gasteiger partial charge in [0.1, 0.15) is 0 Å². The van der Waals surface area contributed by atoms with Crippen molar-refractivity contribution in [3.8, 4) is 0 Å². The molecule has 0 aliphatic carbocycles. The second kappa shape index (κ2) is 9.50. The van der Waals surface area contributed by atoms with Crippen molar-refractivity contribution in [2.45, 2.75) is 26.7 Å². The van der Waals surface area contributed by atoms with Crippen molar-refractivity contribution in [3.05, 3.63) is 29.3 Å². The van der Waals surface area contributed by atoms with E-state index in [9.17, 15) is 4.79 Å². The smallest absolute Gasteiger partial charge is 0.227 e. The molecule has 1 aromatic rings. The van der Waals surface area contributed by atoms with Crippen molar-refractivity contribution in [2.75, 3.05) is 44.2 Å². The summed E-state index contributed by atoms with van der Waals surface area (Å²) in [6, 6.07) is 6.49. The van der Waals surface area contributed by atoms with Crippen LogP contribution in [0.25, 0.3) is 0 Å². The minimum Gasteiger partial charge on any atom is -0.368 e. The van der Waals surface area contributed by atoms with E-state index >= 15 is 0 Å². The maximum atomic E-state index is 12.6. The van der Waals surface area contributed by atoms with Crippen molar-refractivity contribution >= 4 is 36.4 Å². The maximum Gasteiger partial charge on any atom is 0.227 e. The summed E-state index contributed by atoms with van der Waals surface area (Å²) in [6.07, 6.45) is 2.17. The monoisotopic (exact) mass is 373 g/mol. The Morgan fingerprint density at radius 3 is 2.46 bits per heavy atom. The summed E-state index contributed by atoms with van der Waals surface area (Å²) in [4.78, 5) is 17.1. The number of piperidine rings is 1. The predicted molar refractivity (Wildman–Crippen MR) is 105 cm³/mol. The second-order valence-corrected chi connectivity index (χ2v) is 6.57. The van der Waals surface area contributed by atoms with Gasteiger partial charge in [-0.1, -0.05) is 12.1 Å². The van der Waals surface area contributed by atoms with Gasteiger partial charge in [-0.15, -0.1) is 24.8 Å². The van der Waals surface area contributed by atoms with E-state index in [2.05, 4.69) is 47.2 Å². The first-order chi connectivity index (χ1) is 10.7. The first-order valence-electron chi connectivity index (χ1n) is 8.47. The molecule has 136 valence electrons. The number of hydrogen-bond acceptors (Lipinski definition) is 3. The standard InChI is InChI=1S/C18H27N3O.2ClH/c1-14-5-3-7-17(15(14)2)20-9-11-21(12-10-20)18(22)16-6-4-8-19-13-16;;/h3,5,7,16,19H,4,6,8-13H2,1-2H3;2*1H/t16-;;/m1../s1. The third-order valence-electron chi connectivity index (χ3n) is 5.15. The third kappa shape index (κ3) is 4.56. The molecular formula is C18H29Cl2N3O. The molecule has 6 heteroatoms. The summed E-state index contributed by atoms with van der Waals surface area (Å²) >= 11 is 0. The molecule has 24 heavy (non-hydrogen) atoms. The zero-order valence-electron chi connectivity index (χ0n) is 14.6. The van der Waals surface area contributed by atoms with Crippen LogP contribution in [0.3, 0.4) is 0 Å². The summed E-state index contributed by atoms with van der Waals surface area (Å²) < 4.78 is 0. The average molecular weight is 374 g/mol. The highest BCUT2D eigenvalue weighted by Crippen LogP contribution is 2.24. The van der Waals surface area contributed by atoms with Crippen molar-refractivity contribution in [1.82, 2.24) is 10.2 Å². The maximum absolute atomic E-state index is 12.6. The topological polar surface area (TPSA) is 35.6 Å². The SMILES string of the molecule is Cc1cccc(N2CCN(C(=O)[C@@H]3CCCNC3)CC2)c1C.Cl.Cl. The van der Waals surface area contributed by atoms with Gasteiger partial charge in [-0.05, 0) is 50.4 Å². The summed E-state index contributed by atoms with van der Waals surface area (Å²) in [5.41, 5.74) is 4.02. The fourth-order valence-corrected chi connectivity index (χ4v) is 3.57. The molecule has 2 aliphatic rings. The van der Waals surface area contributed by atoms with Gasteiger partial charge >= 0.3 is 0 Å². The zero-order valence-corrected chi connectivity index (χ0v) is 16.2. The number of hydrogen-bond donors (Lipinski definition) is 1. The summed E-state index contributed by atoms with van der Waals surface area (Å²) in [6.45, 7) is 9.85. The Morgan fingerprint density at radius 1 is 1.12 bits per heavy atom. The van der Waals surface area contributed by atoms with Crippen LogP contribution in [-0.2, 0) is 4.79 Å². The Kier molecular flexibility index (Phi) is 8.34. The van der Waals surface area contributed by atoms with Crippen LogP contribution in [0.15, 0.2) is 18.2 Å². The number of nitrogens with one attached hydrogen (secondary N) is 1. The lowest BCUT2D eigenvalue weighted by Crippen LogP contribution is -2.52. The molecule has 4 nitrogen and oxygen atoms in total. The minimum atomic E-state index is 0. The molecule has 0 bridgehead atoms. The fraction of sp³-hybridized carbons (Fsp3) is 0.611. The molecule has 0 saturated carbocycles. The lowest BCUT2D eigenvalue weighted by molar-refractivity contribution is -0.136. The van der Waals surface area contributed by atoms with Gasteiger partial charge in [-0.3, -0.25) is 4.79 Å². The molecule has 1 N–H and O–H groups in total. The Labute approximate surface area is 157 Å². The Morgan fingerprint density at radius 2 is 1.83 bits per heavy atom. The van der Waals surface area contributed by atoms with E-state index in [0.29, 0.717) is 5.91 Å². The average Bonchev–Trinajstić information content (AvgIpc) is 2.58. The normalized spacial score (nSPS) is 20.8. The minimum absolute atomic E-state index is 0. The van der Waals surface area contributed by atoms with Crippen LogP contribution in [0, 0.1) is 19.8 Å². The molecule has 0 radical (unpaired) electrons. The summed E-state index contributed by atoms with van der Waals surface area (Å²) in [5, 5.41) is 3.35. The molecule has 0 spiro atoms. The number of anilines is 1. The lowest BCUT2D eigenvalue weighted by atomic mass is 9.97. The molecule has 3 rings (SSSR count). The third-order valence-corrected chi connectivity index (χ3v) is 5.15. The molecule has 2 heterocycles. The van der Waals surface area contributed by atoms with Crippen LogP contribution >= 0.6 is 24.8 Å². The van der Waals surface area contributed by atoms with Gasteiger partial charge in [0.15, 0.2) is 0 Å². The zero-order chi connectivity index (χ0) is 15.5. The number of carbonyl (C=O) groups excluding carboxylic acids is 1. The van der Waals surface area contributed by atoms with Crippen LogP contribution in [0.1, 0.15) is 24.0 Å². The highest BCUT2D eigenvalue weighted by molar-refractivity contribution is 5.85. The van der Waals surface area contributed by atoms with E-state index in [1.165, 1.54) is 16.8 Å². The highest BCUT2D eigenvalue weighted by atomic mass is 35.5. The largest absolute Gasteiger partial charge is 0.368 e. The number of amides is 1. The second-order valence-electron chi connectivity index (χ2n) is 6.57. The number of halogens is 2. The highest BCUT2D eigenvalue weighted by Gasteiger charge is 2.28. The van der Waals surface area contributed by atoms with E-state index in [-0.39, 0.29) is 30.7 Å². The molecule has 2 saturated heterocycles. The van der Waals surface area contributed by atoms with Gasteiger partial charge in [0.25, 0.3) is 0 Å². The molecule has 1 atom stereocenters. The van der Waals surface area contributed by atoms with Crippen LogP contribution in [0.2, 0.25) is 0 Å². The molecule has 0 unspecified atom stereocenters. The number of piperazine rings is 1. The van der Waals surface area contributed by atoms with Crippen LogP contribution in [0.5, 0.6) is 0 Å². The van der Waals surface area contributed by atoms with Gasteiger partial charge in [0.2, 0.25) is 5.91 Å². The quantitative estimate of drug-likeness (QED) is 0.865. The molecule has 1 aromatic carbocycles. The van der Waals surface area contributed by atoms with E-state index in [1.54, 1.807) is 0 Å². The van der Waals surface area contributed by atoms with E-state index in [4.69, 9.17) is 0 Å². The van der Waals surface area contributed by atoms with Crippen molar-refractivity contribution in [3.63, 3.8) is 0 Å². The first-order valence-corrected chi connectivity index (χ1v) is 8.47. The predicted octanol–water partition coefficient (Wildman–Crippen LogP) is 2.80. The van der Waals surface area contributed by atoms with Crippen molar-refractivity contribution in [2.24, 2.45) is 5.92 Å². The Hall–Kier alpha value is -0.970. The molecule has 1 amide bonds. The first kappa shape index (κ1) is 21.1. The van der Waals surface area contributed by atoms with E-state index in [0.717, 1.165) is 52.1 Å². The molecule has 2 aliphatic heterocycles. The molecular weight excluding hydrogens is 345 g/mol. The number of carbonyl (C=O) groups is 1. The Bertz CT molecular complexity index is 539.